The Bertz CT molecular complexity index is 616. The molecule has 0 fully saturated rings. The number of rotatable bonds is 4. The van der Waals surface area contributed by atoms with Crippen molar-refractivity contribution < 1.29 is 0 Å². The molecule has 0 saturated heterocycles. The molecule has 0 heterocycles. The van der Waals surface area contributed by atoms with E-state index in [1.54, 1.807) is 12.1 Å². The molecule has 2 aromatic carbocycles. The predicted molar refractivity (Wildman–Crippen MR) is 90.9 cm³/mol. The fourth-order valence-corrected chi connectivity index (χ4v) is 2.98. The number of hydrogen-bond donors (Lipinski definition) is 1. The van der Waals surface area contributed by atoms with Gasteiger partial charge in [0.15, 0.2) is 0 Å². The molecular weight excluding hydrogens is 380 g/mol. The molecule has 0 bridgehead atoms. The highest BCUT2D eigenvalue weighted by Gasteiger charge is 2.11. The molecule has 0 spiro atoms. The molecule has 5 heteroatoms. The second-order valence-corrected chi connectivity index (χ2v) is 6.59. The van der Waals surface area contributed by atoms with Crippen LogP contribution in [0.5, 0.6) is 0 Å². The van der Waals surface area contributed by atoms with Crippen molar-refractivity contribution in [2.24, 2.45) is 0 Å². The fourth-order valence-electron chi connectivity index (χ4n) is 1.88. The summed E-state index contributed by atoms with van der Waals surface area (Å²) in [5, 5.41) is 5.05. The largest absolute Gasteiger partial charge is 0.306 e. The Morgan fingerprint density at radius 3 is 2.50 bits per heavy atom. The van der Waals surface area contributed by atoms with E-state index in [1.165, 1.54) is 5.56 Å². The molecule has 1 N–H and O–H groups in total. The van der Waals surface area contributed by atoms with Crippen LogP contribution in [0.2, 0.25) is 15.1 Å². The van der Waals surface area contributed by atoms with Crippen LogP contribution in [0.1, 0.15) is 24.1 Å². The van der Waals surface area contributed by atoms with Crippen molar-refractivity contribution in [2.45, 2.75) is 19.5 Å². The molecule has 0 radical (unpaired) electrons. The van der Waals surface area contributed by atoms with Crippen LogP contribution in [0.15, 0.2) is 40.9 Å². The van der Waals surface area contributed by atoms with Crippen LogP contribution in [-0.2, 0) is 6.54 Å². The van der Waals surface area contributed by atoms with Crippen LogP contribution in [0, 0.1) is 0 Å². The van der Waals surface area contributed by atoms with Crippen molar-refractivity contribution in [3.8, 4) is 0 Å². The minimum atomic E-state index is 0.179. The van der Waals surface area contributed by atoms with Gasteiger partial charge in [0, 0.05) is 27.6 Å². The number of nitrogens with one attached hydrogen (secondary N) is 1. The summed E-state index contributed by atoms with van der Waals surface area (Å²) in [7, 11) is 0. The Morgan fingerprint density at radius 1 is 1.10 bits per heavy atom. The first-order valence-electron chi connectivity index (χ1n) is 6.10. The van der Waals surface area contributed by atoms with E-state index in [1.807, 2.05) is 12.1 Å². The smallest absolute Gasteiger partial charge is 0.0652 e. The molecule has 1 nitrogen and oxygen atoms in total. The Balaban J connectivity index is 2.11. The number of halogens is 4. The van der Waals surface area contributed by atoms with Crippen molar-refractivity contribution in [3.05, 3.63) is 67.1 Å². The zero-order chi connectivity index (χ0) is 14.7. The van der Waals surface area contributed by atoms with Gasteiger partial charge in [-0.2, -0.15) is 0 Å². The monoisotopic (exact) mass is 391 g/mol. The normalized spacial score (nSPS) is 12.4. The zero-order valence-electron chi connectivity index (χ0n) is 10.8. The lowest BCUT2D eigenvalue weighted by Crippen LogP contribution is -2.18. The molecule has 1 atom stereocenters. The van der Waals surface area contributed by atoms with Gasteiger partial charge in [-0.15, -0.1) is 0 Å². The first-order valence-corrected chi connectivity index (χ1v) is 8.03. The molecule has 2 aromatic rings. The average molecular weight is 394 g/mol. The molecule has 0 aliphatic rings. The Kier molecular flexibility index (Phi) is 5.76. The molecule has 0 saturated carbocycles. The zero-order valence-corrected chi connectivity index (χ0v) is 14.6. The predicted octanol–water partition coefficient (Wildman–Crippen LogP) is 6.26. The van der Waals surface area contributed by atoms with Gasteiger partial charge in [0.1, 0.15) is 0 Å². The highest BCUT2D eigenvalue weighted by Crippen LogP contribution is 2.31. The second kappa shape index (κ2) is 7.15. The molecule has 106 valence electrons. The van der Waals surface area contributed by atoms with Gasteiger partial charge in [-0.3, -0.25) is 0 Å². The third-order valence-corrected chi connectivity index (χ3v) is 4.76. The minimum Gasteiger partial charge on any atom is -0.306 e. The summed E-state index contributed by atoms with van der Waals surface area (Å²) in [4.78, 5) is 0. The fraction of sp³-hybridized carbons (Fsp3) is 0.200. The quantitative estimate of drug-likeness (QED) is 0.605. The van der Waals surface area contributed by atoms with Crippen LogP contribution in [0.4, 0.5) is 0 Å². The maximum absolute atomic E-state index is 6.19. The van der Waals surface area contributed by atoms with E-state index in [-0.39, 0.29) is 6.04 Å². The lowest BCUT2D eigenvalue weighted by molar-refractivity contribution is 0.574. The van der Waals surface area contributed by atoms with E-state index in [9.17, 15) is 0 Å². The molecule has 0 amide bonds. The lowest BCUT2D eigenvalue weighted by atomic mass is 10.1. The number of hydrogen-bond acceptors (Lipinski definition) is 1. The Labute approximate surface area is 142 Å². The van der Waals surface area contributed by atoms with Crippen LogP contribution < -0.4 is 5.32 Å². The Hall–Kier alpha value is -0.250. The topological polar surface area (TPSA) is 12.0 Å². The van der Waals surface area contributed by atoms with Gasteiger partial charge in [-0.05, 0) is 36.8 Å². The van der Waals surface area contributed by atoms with E-state index in [2.05, 4.69) is 40.3 Å². The van der Waals surface area contributed by atoms with Gasteiger partial charge in [-0.25, -0.2) is 0 Å². The summed E-state index contributed by atoms with van der Waals surface area (Å²) in [6.07, 6.45) is 0. The van der Waals surface area contributed by atoms with Crippen molar-refractivity contribution in [1.29, 1.82) is 0 Å². The SMILES string of the molecule is C[C@H](NCc1c(Cl)ccc(Cl)c1Cl)c1cccc(Br)c1. The molecule has 0 aliphatic heterocycles. The average Bonchev–Trinajstić information content (AvgIpc) is 2.43. The molecule has 0 aromatic heterocycles. The first kappa shape index (κ1) is 16.1. The summed E-state index contributed by atoms with van der Waals surface area (Å²) in [6.45, 7) is 2.65. The molecule has 20 heavy (non-hydrogen) atoms. The van der Waals surface area contributed by atoms with Gasteiger partial charge in [0.25, 0.3) is 0 Å². The van der Waals surface area contributed by atoms with Crippen LogP contribution in [0.25, 0.3) is 0 Å². The van der Waals surface area contributed by atoms with Crippen molar-refractivity contribution in [1.82, 2.24) is 5.32 Å². The van der Waals surface area contributed by atoms with E-state index in [0.29, 0.717) is 21.6 Å². The summed E-state index contributed by atoms with van der Waals surface area (Å²) >= 11 is 21.8. The maximum atomic E-state index is 6.19. The van der Waals surface area contributed by atoms with Crippen LogP contribution in [0.3, 0.4) is 0 Å². The van der Waals surface area contributed by atoms with Crippen LogP contribution >= 0.6 is 50.7 Å². The summed E-state index contributed by atoms with van der Waals surface area (Å²) < 4.78 is 1.06. The number of benzene rings is 2. The molecule has 0 unspecified atom stereocenters. The van der Waals surface area contributed by atoms with Crippen molar-refractivity contribution in [2.75, 3.05) is 0 Å². The van der Waals surface area contributed by atoms with E-state index >= 15 is 0 Å². The highest BCUT2D eigenvalue weighted by atomic mass is 79.9. The van der Waals surface area contributed by atoms with Gasteiger partial charge < -0.3 is 5.32 Å². The standard InChI is InChI=1S/C15H13BrCl3N/c1-9(10-3-2-4-11(16)7-10)20-8-12-13(17)5-6-14(18)15(12)19/h2-7,9,20H,8H2,1H3/t9-/m0/s1. The summed E-state index contributed by atoms with van der Waals surface area (Å²) in [5.74, 6) is 0. The van der Waals surface area contributed by atoms with Crippen molar-refractivity contribution >= 4 is 50.7 Å². The molecule has 0 aliphatic carbocycles. The van der Waals surface area contributed by atoms with E-state index in [4.69, 9.17) is 34.8 Å². The summed E-state index contributed by atoms with van der Waals surface area (Å²) in [6, 6.07) is 11.8. The Morgan fingerprint density at radius 2 is 1.80 bits per heavy atom. The first-order chi connectivity index (χ1) is 9.49. The minimum absolute atomic E-state index is 0.179. The molecular formula is C15H13BrCl3N. The third kappa shape index (κ3) is 3.90. The molecule has 2 rings (SSSR count). The van der Waals surface area contributed by atoms with Gasteiger partial charge in [-0.1, -0.05) is 62.9 Å². The van der Waals surface area contributed by atoms with E-state index in [0.717, 1.165) is 10.0 Å². The van der Waals surface area contributed by atoms with Gasteiger partial charge >= 0.3 is 0 Å². The van der Waals surface area contributed by atoms with Gasteiger partial charge in [0.05, 0.1) is 10.0 Å². The second-order valence-electron chi connectivity index (χ2n) is 4.48. The highest BCUT2D eigenvalue weighted by molar-refractivity contribution is 9.10. The third-order valence-electron chi connectivity index (χ3n) is 3.07. The summed E-state index contributed by atoms with van der Waals surface area (Å²) in [5.41, 5.74) is 2.01. The maximum Gasteiger partial charge on any atom is 0.0652 e. The van der Waals surface area contributed by atoms with Gasteiger partial charge in [0.2, 0.25) is 0 Å². The van der Waals surface area contributed by atoms with Crippen LogP contribution in [-0.4, -0.2) is 0 Å². The van der Waals surface area contributed by atoms with Crippen molar-refractivity contribution in [3.63, 3.8) is 0 Å². The van der Waals surface area contributed by atoms with E-state index < -0.39 is 0 Å². The lowest BCUT2D eigenvalue weighted by Gasteiger charge is -2.16.